The number of anilines is 1. The molecule has 0 saturated carbocycles. The van der Waals surface area contributed by atoms with Crippen LogP contribution in [0.5, 0.6) is 0 Å². The predicted molar refractivity (Wildman–Crippen MR) is 173 cm³/mol. The van der Waals surface area contributed by atoms with Crippen LogP contribution in [0.1, 0.15) is 5.56 Å². The molecular weight excluding hydrogens is 539 g/mol. The predicted octanol–water partition coefficient (Wildman–Crippen LogP) is 8.67. The van der Waals surface area contributed by atoms with E-state index in [-0.39, 0.29) is 5.82 Å². The van der Waals surface area contributed by atoms with Crippen molar-refractivity contribution in [2.45, 2.75) is 0 Å². The van der Waals surface area contributed by atoms with Crippen LogP contribution in [0, 0.1) is 5.82 Å². The Kier molecular flexibility index (Phi) is 7.20. The van der Waals surface area contributed by atoms with Gasteiger partial charge in [-0.3, -0.25) is 0 Å². The van der Waals surface area contributed by atoms with Crippen molar-refractivity contribution in [1.82, 2.24) is 9.88 Å². The van der Waals surface area contributed by atoms with Crippen LogP contribution in [-0.2, 0) is 0 Å². The van der Waals surface area contributed by atoms with Gasteiger partial charge in [0.1, 0.15) is 27.4 Å². The van der Waals surface area contributed by atoms with E-state index in [0.29, 0.717) is 0 Å². The average Bonchev–Trinajstić information content (AvgIpc) is 3.48. The average molecular weight is 569 g/mol. The van der Waals surface area contributed by atoms with Crippen molar-refractivity contribution in [3.05, 3.63) is 139 Å². The minimum Gasteiger partial charge on any atom is -0.368 e. The molecule has 5 aromatic carbocycles. The molecular formula is C36H29FN4S. The number of para-hydroxylation sites is 1. The highest BCUT2D eigenvalue weighted by atomic mass is 32.1. The summed E-state index contributed by atoms with van der Waals surface area (Å²) >= 11 is 1.54. The first kappa shape index (κ1) is 26.1. The van der Waals surface area contributed by atoms with Gasteiger partial charge in [0.15, 0.2) is 0 Å². The largest absolute Gasteiger partial charge is 0.368 e. The maximum Gasteiger partial charge on any atom is 0.146 e. The number of hydrogen-bond acceptors (Lipinski definition) is 4. The number of hydrogen-bond donors (Lipinski definition) is 0. The molecule has 2 heterocycles. The van der Waals surface area contributed by atoms with Crippen molar-refractivity contribution in [1.29, 1.82) is 0 Å². The zero-order valence-electron chi connectivity index (χ0n) is 23.0. The summed E-state index contributed by atoms with van der Waals surface area (Å²) in [4.78, 5) is 15.3. The fourth-order valence-corrected chi connectivity index (χ4v) is 6.49. The van der Waals surface area contributed by atoms with E-state index in [0.717, 1.165) is 64.4 Å². The summed E-state index contributed by atoms with van der Waals surface area (Å²) in [5, 5.41) is 4.02. The molecule has 0 amide bonds. The van der Waals surface area contributed by atoms with Crippen molar-refractivity contribution in [2.75, 3.05) is 31.1 Å². The number of amidine groups is 1. The lowest BCUT2D eigenvalue weighted by Gasteiger charge is -2.38. The molecule has 4 nitrogen and oxygen atoms in total. The topological polar surface area (TPSA) is 31.7 Å². The standard InChI is InChI=1S/C36H29FN4S/c37-29-20-18-28(19-21-29)35-38-33(27-11-3-1-4-12-27)36(42-35)39-34(32-17-9-13-26-10-7-8-16-31(26)32)41-24-22-40(23-25-41)30-14-5-2-6-15-30/h1-21H,22-25H2. The van der Waals surface area contributed by atoms with Gasteiger partial charge in [-0.2, -0.15) is 0 Å². The lowest BCUT2D eigenvalue weighted by atomic mass is 10.0. The fraction of sp³-hybridized carbons (Fsp3) is 0.111. The number of rotatable bonds is 5. The quantitative estimate of drug-likeness (QED) is 0.154. The second-order valence-electron chi connectivity index (χ2n) is 10.3. The Balaban J connectivity index is 1.35. The van der Waals surface area contributed by atoms with Gasteiger partial charge in [0.25, 0.3) is 0 Å². The number of thiazole rings is 1. The molecule has 1 aliphatic heterocycles. The van der Waals surface area contributed by atoms with Crippen molar-refractivity contribution >= 4 is 38.6 Å². The molecule has 6 heteroatoms. The highest BCUT2D eigenvalue weighted by Gasteiger charge is 2.24. The van der Waals surface area contributed by atoms with Crippen molar-refractivity contribution < 1.29 is 4.39 Å². The minimum atomic E-state index is -0.260. The number of nitrogens with zero attached hydrogens (tertiary/aromatic N) is 4. The Morgan fingerprint density at radius 3 is 2.10 bits per heavy atom. The van der Waals surface area contributed by atoms with Crippen molar-refractivity contribution in [3.63, 3.8) is 0 Å². The first-order valence-electron chi connectivity index (χ1n) is 14.2. The Morgan fingerprint density at radius 2 is 1.33 bits per heavy atom. The minimum absolute atomic E-state index is 0.260. The van der Waals surface area contributed by atoms with E-state index in [4.69, 9.17) is 9.98 Å². The highest BCUT2D eigenvalue weighted by molar-refractivity contribution is 7.19. The molecule has 0 unspecified atom stereocenters. The summed E-state index contributed by atoms with van der Waals surface area (Å²) in [6.07, 6.45) is 0. The van der Waals surface area contributed by atoms with Crippen LogP contribution in [0.2, 0.25) is 0 Å². The van der Waals surface area contributed by atoms with Gasteiger partial charge in [-0.05, 0) is 47.2 Å². The molecule has 1 fully saturated rings. The summed E-state index contributed by atoms with van der Waals surface area (Å²) in [5.41, 5.74) is 5.08. The second-order valence-corrected chi connectivity index (χ2v) is 11.3. The van der Waals surface area contributed by atoms with Gasteiger partial charge < -0.3 is 9.80 Å². The van der Waals surface area contributed by atoms with Crippen LogP contribution in [-0.4, -0.2) is 41.9 Å². The molecule has 42 heavy (non-hydrogen) atoms. The lowest BCUT2D eigenvalue weighted by Crippen LogP contribution is -2.49. The van der Waals surface area contributed by atoms with Gasteiger partial charge >= 0.3 is 0 Å². The van der Waals surface area contributed by atoms with Crippen molar-refractivity contribution in [3.8, 4) is 21.8 Å². The Bertz CT molecular complexity index is 1840. The molecule has 1 saturated heterocycles. The van der Waals surface area contributed by atoms with E-state index in [1.54, 1.807) is 23.5 Å². The third-order valence-electron chi connectivity index (χ3n) is 7.69. The van der Waals surface area contributed by atoms with Gasteiger partial charge in [0.05, 0.1) is 0 Å². The van der Waals surface area contributed by atoms with Crippen LogP contribution in [0.25, 0.3) is 32.6 Å². The molecule has 0 atom stereocenters. The molecule has 206 valence electrons. The fourth-order valence-electron chi connectivity index (χ4n) is 5.52. The van der Waals surface area contributed by atoms with E-state index < -0.39 is 0 Å². The summed E-state index contributed by atoms with van der Waals surface area (Å²) in [6.45, 7) is 3.51. The summed E-state index contributed by atoms with van der Waals surface area (Å²) in [5.74, 6) is 0.690. The number of aliphatic imine (C=N–C) groups is 1. The number of piperazine rings is 1. The lowest BCUT2D eigenvalue weighted by molar-refractivity contribution is 0.387. The SMILES string of the molecule is Fc1ccc(-c2nc(-c3ccccc3)c(N=C(c3cccc4ccccc34)N3CCN(c4ccccc4)CC3)s2)cc1. The van der Waals surface area contributed by atoms with E-state index in [2.05, 4.69) is 94.7 Å². The number of benzene rings is 5. The maximum absolute atomic E-state index is 13.7. The molecule has 0 N–H and O–H groups in total. The molecule has 6 aromatic rings. The second kappa shape index (κ2) is 11.6. The first-order valence-corrected chi connectivity index (χ1v) is 15.0. The summed E-state index contributed by atoms with van der Waals surface area (Å²) in [7, 11) is 0. The zero-order chi connectivity index (χ0) is 28.3. The van der Waals surface area contributed by atoms with Crippen LogP contribution in [0.4, 0.5) is 15.1 Å². The monoisotopic (exact) mass is 568 g/mol. The summed E-state index contributed by atoms with van der Waals surface area (Å²) in [6, 6.07) is 42.3. The molecule has 1 aliphatic rings. The van der Waals surface area contributed by atoms with Gasteiger partial charge in [0.2, 0.25) is 0 Å². The highest BCUT2D eigenvalue weighted by Crippen LogP contribution is 2.41. The summed E-state index contributed by atoms with van der Waals surface area (Å²) < 4.78 is 13.7. The van der Waals surface area contributed by atoms with Gasteiger partial charge in [0, 0.05) is 48.6 Å². The molecule has 7 rings (SSSR count). The van der Waals surface area contributed by atoms with Crippen LogP contribution >= 0.6 is 11.3 Å². The van der Waals surface area contributed by atoms with E-state index >= 15 is 0 Å². The maximum atomic E-state index is 13.7. The van der Waals surface area contributed by atoms with Gasteiger partial charge in [-0.25, -0.2) is 14.4 Å². The number of fused-ring (bicyclic) bond motifs is 1. The molecule has 0 aliphatic carbocycles. The smallest absolute Gasteiger partial charge is 0.146 e. The molecule has 0 bridgehead atoms. The third kappa shape index (κ3) is 5.29. The molecule has 0 spiro atoms. The van der Waals surface area contributed by atoms with E-state index in [1.165, 1.54) is 28.6 Å². The Hall–Kier alpha value is -4.81. The van der Waals surface area contributed by atoms with Crippen molar-refractivity contribution in [2.24, 2.45) is 4.99 Å². The molecule has 1 aromatic heterocycles. The molecule has 0 radical (unpaired) electrons. The van der Waals surface area contributed by atoms with E-state index in [9.17, 15) is 4.39 Å². The zero-order valence-corrected chi connectivity index (χ0v) is 23.8. The van der Waals surface area contributed by atoms with Crippen LogP contribution < -0.4 is 4.90 Å². The first-order chi connectivity index (χ1) is 20.7. The van der Waals surface area contributed by atoms with Gasteiger partial charge in [-0.15, -0.1) is 0 Å². The Labute approximate surface area is 249 Å². The number of aromatic nitrogens is 1. The van der Waals surface area contributed by atoms with Gasteiger partial charge in [-0.1, -0.05) is 102 Å². The van der Waals surface area contributed by atoms with E-state index in [1.807, 2.05) is 18.2 Å². The number of halogens is 1. The third-order valence-corrected chi connectivity index (χ3v) is 8.68. The van der Waals surface area contributed by atoms with Crippen LogP contribution in [0.3, 0.4) is 0 Å². The Morgan fingerprint density at radius 1 is 0.667 bits per heavy atom. The normalized spacial score (nSPS) is 14.0. The van der Waals surface area contributed by atoms with Crippen LogP contribution in [0.15, 0.2) is 132 Å².